The molecule has 3 aromatic rings. The summed E-state index contributed by atoms with van der Waals surface area (Å²) < 4.78 is 6.09. The number of aromatic nitrogens is 2. The van der Waals surface area contributed by atoms with Crippen LogP contribution in [0.4, 0.5) is 0 Å². The van der Waals surface area contributed by atoms with E-state index in [1.807, 2.05) is 25.4 Å². The van der Waals surface area contributed by atoms with Crippen molar-refractivity contribution < 1.29 is 9.38 Å². The Bertz CT molecular complexity index is 916. The number of hydroxylamine groups is 3. The molecule has 0 spiro atoms. The molecule has 2 saturated heterocycles. The monoisotopic (exact) mass is 349 g/mol. The summed E-state index contributed by atoms with van der Waals surface area (Å²) in [5, 5.41) is 13.8. The maximum Gasteiger partial charge on any atom is 0.138 e. The second-order valence-corrected chi connectivity index (χ2v) is 7.81. The highest BCUT2D eigenvalue weighted by molar-refractivity contribution is 5.84. The van der Waals surface area contributed by atoms with Gasteiger partial charge in [-0.2, -0.15) is 0 Å². The summed E-state index contributed by atoms with van der Waals surface area (Å²) in [4.78, 5) is 7.79. The lowest BCUT2D eigenvalue weighted by Crippen LogP contribution is -2.55. The first-order valence-electron chi connectivity index (χ1n) is 9.37. The summed E-state index contributed by atoms with van der Waals surface area (Å²) in [5.41, 5.74) is 3.16. The third-order valence-electron chi connectivity index (χ3n) is 6.24. The molecular formula is C21H23N3O2. The predicted octanol–water partition coefficient (Wildman–Crippen LogP) is 4.25. The van der Waals surface area contributed by atoms with E-state index in [0.29, 0.717) is 0 Å². The summed E-state index contributed by atoms with van der Waals surface area (Å²) in [7, 11) is 1.83. The molecule has 0 saturated carbocycles. The van der Waals surface area contributed by atoms with Gasteiger partial charge in [0.25, 0.3) is 0 Å². The summed E-state index contributed by atoms with van der Waals surface area (Å²) in [6.07, 6.45) is 7.65. The van der Waals surface area contributed by atoms with Crippen LogP contribution in [0, 0.1) is 5.21 Å². The molecule has 5 heteroatoms. The van der Waals surface area contributed by atoms with Crippen LogP contribution in [0.5, 0.6) is 5.75 Å². The van der Waals surface area contributed by atoms with Crippen LogP contribution < -0.4 is 4.74 Å². The van der Waals surface area contributed by atoms with E-state index in [2.05, 4.69) is 34.2 Å². The van der Waals surface area contributed by atoms with Crippen molar-refractivity contribution in [3.63, 3.8) is 0 Å². The number of H-pyrrole nitrogens is 1. The van der Waals surface area contributed by atoms with Gasteiger partial charge in [0.15, 0.2) is 0 Å². The smallest absolute Gasteiger partial charge is 0.138 e. The van der Waals surface area contributed by atoms with E-state index >= 15 is 0 Å². The lowest BCUT2D eigenvalue weighted by molar-refractivity contribution is -0.903. The van der Waals surface area contributed by atoms with Crippen LogP contribution in [0.1, 0.15) is 25.7 Å². The molecule has 0 aliphatic carbocycles. The van der Waals surface area contributed by atoms with E-state index in [1.54, 1.807) is 6.20 Å². The molecule has 2 unspecified atom stereocenters. The van der Waals surface area contributed by atoms with Crippen LogP contribution in [0.3, 0.4) is 0 Å². The van der Waals surface area contributed by atoms with Gasteiger partial charge >= 0.3 is 0 Å². The van der Waals surface area contributed by atoms with Gasteiger partial charge in [0.2, 0.25) is 0 Å². The van der Waals surface area contributed by atoms with Crippen LogP contribution in [0.25, 0.3) is 22.2 Å². The van der Waals surface area contributed by atoms with Crippen molar-refractivity contribution in [3.8, 4) is 17.0 Å². The average Bonchev–Trinajstić information content (AvgIpc) is 3.12. The summed E-state index contributed by atoms with van der Waals surface area (Å²) in [6.45, 7) is 0. The molecular weight excluding hydrogens is 326 g/mol. The number of hydrogen-bond donors (Lipinski definition) is 1. The van der Waals surface area contributed by atoms with Gasteiger partial charge in [-0.3, -0.25) is 4.98 Å². The minimum Gasteiger partial charge on any atom is -0.633 e. The highest BCUT2D eigenvalue weighted by Crippen LogP contribution is 2.41. The molecule has 2 aromatic heterocycles. The van der Waals surface area contributed by atoms with Gasteiger partial charge in [-0.25, -0.2) is 0 Å². The zero-order valence-corrected chi connectivity index (χ0v) is 14.9. The largest absolute Gasteiger partial charge is 0.633 e. The molecule has 4 heterocycles. The Morgan fingerprint density at radius 1 is 1.12 bits per heavy atom. The number of quaternary nitrogens is 1. The summed E-state index contributed by atoms with van der Waals surface area (Å²) in [5.74, 6) is 0.794. The Labute approximate surface area is 152 Å². The van der Waals surface area contributed by atoms with Crippen LogP contribution >= 0.6 is 0 Å². The average molecular weight is 349 g/mol. The molecule has 26 heavy (non-hydrogen) atoms. The number of benzene rings is 1. The zero-order valence-electron chi connectivity index (χ0n) is 14.9. The van der Waals surface area contributed by atoms with Crippen LogP contribution in [0.15, 0.2) is 48.8 Å². The third kappa shape index (κ3) is 2.59. The van der Waals surface area contributed by atoms with Gasteiger partial charge in [-0.15, -0.1) is 0 Å². The summed E-state index contributed by atoms with van der Waals surface area (Å²) in [6, 6.07) is 12.7. The number of nitrogens with one attached hydrogen (secondary N) is 1. The number of ether oxygens (including phenoxy) is 1. The van der Waals surface area contributed by atoms with E-state index in [0.717, 1.165) is 48.2 Å². The number of hydrogen-bond acceptors (Lipinski definition) is 3. The molecule has 2 aliphatic heterocycles. The van der Waals surface area contributed by atoms with Gasteiger partial charge < -0.3 is 19.6 Å². The second kappa shape index (κ2) is 5.83. The van der Waals surface area contributed by atoms with E-state index in [9.17, 15) is 5.21 Å². The van der Waals surface area contributed by atoms with Gasteiger partial charge in [0, 0.05) is 48.3 Å². The van der Waals surface area contributed by atoms with Gasteiger partial charge in [-0.05, 0) is 30.3 Å². The molecule has 5 rings (SSSR count). The highest BCUT2D eigenvalue weighted by atomic mass is 16.6. The highest BCUT2D eigenvalue weighted by Gasteiger charge is 2.47. The maximum absolute atomic E-state index is 12.6. The lowest BCUT2D eigenvalue weighted by atomic mass is 10.00. The SMILES string of the molecule is C[N@+]1([O-])C2CC[C@@H]1CC(Oc1ccc(-c3ccc4[nH]ccc4c3)nc1)C2. The van der Waals surface area contributed by atoms with Crippen LogP contribution in [0.2, 0.25) is 0 Å². The first-order valence-corrected chi connectivity index (χ1v) is 9.37. The Hall–Kier alpha value is -2.37. The van der Waals surface area contributed by atoms with Crippen molar-refractivity contribution in [2.24, 2.45) is 0 Å². The number of pyridine rings is 1. The normalized spacial score (nSPS) is 30.6. The Kier molecular flexibility index (Phi) is 3.55. The fraction of sp³-hybridized carbons (Fsp3) is 0.381. The van der Waals surface area contributed by atoms with Crippen molar-refractivity contribution in [2.45, 2.75) is 43.9 Å². The van der Waals surface area contributed by atoms with Crippen LogP contribution in [-0.4, -0.2) is 39.8 Å². The molecule has 5 nitrogen and oxygen atoms in total. The van der Waals surface area contributed by atoms with Crippen molar-refractivity contribution >= 4 is 10.9 Å². The predicted molar refractivity (Wildman–Crippen MR) is 102 cm³/mol. The standard InChI is InChI=1S/C21H23N3O2/c1-24(25)16-3-4-17(24)12-19(11-16)26-18-5-7-21(23-13-18)14-2-6-20-15(10-14)8-9-22-20/h2,5-10,13,16-17,19,22H,3-4,11-12H2,1H3/t16-,17?,19?,24-/m1/s1. The van der Waals surface area contributed by atoms with Crippen LogP contribution in [-0.2, 0) is 0 Å². The number of nitrogens with zero attached hydrogens (tertiary/aromatic N) is 2. The van der Waals surface area contributed by atoms with Crippen molar-refractivity contribution in [1.29, 1.82) is 0 Å². The lowest BCUT2D eigenvalue weighted by Gasteiger charge is -2.50. The molecule has 0 radical (unpaired) electrons. The molecule has 1 N–H and O–H groups in total. The zero-order chi connectivity index (χ0) is 17.7. The number of piperidine rings is 1. The van der Waals surface area contributed by atoms with Gasteiger partial charge in [0.1, 0.15) is 11.9 Å². The van der Waals surface area contributed by atoms with Crippen molar-refractivity contribution in [3.05, 3.63) is 54.0 Å². The minimum atomic E-state index is -0.0708. The Balaban J connectivity index is 1.31. The minimum absolute atomic E-state index is 0.0708. The molecule has 0 amide bonds. The van der Waals surface area contributed by atoms with E-state index in [4.69, 9.17) is 4.74 Å². The molecule has 2 aliphatic rings. The Morgan fingerprint density at radius 2 is 1.92 bits per heavy atom. The third-order valence-corrected chi connectivity index (χ3v) is 6.24. The number of fused-ring (bicyclic) bond motifs is 3. The maximum atomic E-state index is 12.6. The topological polar surface area (TPSA) is 61.0 Å². The van der Waals surface area contributed by atoms with E-state index < -0.39 is 0 Å². The van der Waals surface area contributed by atoms with Crippen molar-refractivity contribution in [2.75, 3.05) is 7.05 Å². The van der Waals surface area contributed by atoms with Crippen molar-refractivity contribution in [1.82, 2.24) is 9.97 Å². The molecule has 134 valence electrons. The van der Waals surface area contributed by atoms with Gasteiger partial charge in [0.05, 0.1) is 31.0 Å². The van der Waals surface area contributed by atoms with E-state index in [1.165, 1.54) is 5.39 Å². The molecule has 1 aromatic carbocycles. The quantitative estimate of drug-likeness (QED) is 0.568. The number of aromatic amines is 1. The fourth-order valence-electron chi connectivity index (χ4n) is 4.68. The number of rotatable bonds is 3. The fourth-order valence-corrected chi connectivity index (χ4v) is 4.68. The molecule has 4 atom stereocenters. The Morgan fingerprint density at radius 3 is 2.65 bits per heavy atom. The van der Waals surface area contributed by atoms with E-state index in [-0.39, 0.29) is 22.8 Å². The second-order valence-electron chi connectivity index (χ2n) is 7.81. The first kappa shape index (κ1) is 15.9. The molecule has 2 fully saturated rings. The first-order chi connectivity index (χ1) is 12.6. The van der Waals surface area contributed by atoms with Gasteiger partial charge in [-0.1, -0.05) is 6.07 Å². The summed E-state index contributed by atoms with van der Waals surface area (Å²) >= 11 is 0. The molecule has 2 bridgehead atoms.